The van der Waals surface area contributed by atoms with Crippen molar-refractivity contribution in [1.82, 2.24) is 5.32 Å². The van der Waals surface area contributed by atoms with Gasteiger partial charge in [-0.15, -0.1) is 0 Å². The van der Waals surface area contributed by atoms with Crippen LogP contribution in [0.4, 0.5) is 11.4 Å². The molecule has 1 atom stereocenters. The number of furan rings is 1. The molecule has 0 spiro atoms. The fourth-order valence-corrected chi connectivity index (χ4v) is 2.94. The van der Waals surface area contributed by atoms with Gasteiger partial charge < -0.3 is 15.1 Å². The van der Waals surface area contributed by atoms with Crippen LogP contribution in [0, 0.1) is 13.8 Å². The fourth-order valence-electron chi connectivity index (χ4n) is 2.94. The molecule has 1 unspecified atom stereocenters. The van der Waals surface area contributed by atoms with Crippen LogP contribution in [0.3, 0.4) is 0 Å². The molecule has 6 nitrogen and oxygen atoms in total. The largest absolute Gasteiger partial charge is 0.465 e. The average molecular weight is 391 g/mol. The Hall–Kier alpha value is -3.38. The summed E-state index contributed by atoms with van der Waals surface area (Å²) >= 11 is 0. The van der Waals surface area contributed by atoms with E-state index in [1.165, 1.54) is 0 Å². The molecule has 0 aliphatic carbocycles. The summed E-state index contributed by atoms with van der Waals surface area (Å²) < 4.78 is 5.56. The van der Waals surface area contributed by atoms with Gasteiger partial charge in [0.05, 0.1) is 23.8 Å². The van der Waals surface area contributed by atoms with Crippen LogP contribution in [-0.2, 0) is 4.79 Å². The third-order valence-corrected chi connectivity index (χ3v) is 4.48. The first-order valence-electron chi connectivity index (χ1n) is 9.49. The van der Waals surface area contributed by atoms with E-state index in [2.05, 4.69) is 16.0 Å². The third-order valence-electron chi connectivity index (χ3n) is 4.48. The lowest BCUT2D eigenvalue weighted by molar-refractivity contribution is -0.115. The molecule has 3 aromatic rings. The van der Waals surface area contributed by atoms with Gasteiger partial charge in [-0.2, -0.15) is 0 Å². The van der Waals surface area contributed by atoms with Crippen molar-refractivity contribution in [2.45, 2.75) is 26.8 Å². The van der Waals surface area contributed by atoms with Gasteiger partial charge in [-0.05, 0) is 62.7 Å². The van der Waals surface area contributed by atoms with Crippen LogP contribution in [0.15, 0.2) is 65.1 Å². The second-order valence-electron chi connectivity index (χ2n) is 6.97. The SMILES string of the molecule is Cc1cccc(NC(=O)c2ccccc2NC(=O)CNC(C)c2ccc(C)o2)c1. The lowest BCUT2D eigenvalue weighted by atomic mass is 10.1. The van der Waals surface area contributed by atoms with E-state index in [1.807, 2.05) is 57.2 Å². The highest BCUT2D eigenvalue weighted by Crippen LogP contribution is 2.19. The number of aryl methyl sites for hydroxylation is 2. The van der Waals surface area contributed by atoms with Crippen molar-refractivity contribution in [3.8, 4) is 0 Å². The first-order valence-corrected chi connectivity index (χ1v) is 9.49. The minimum atomic E-state index is -0.279. The Labute approximate surface area is 170 Å². The van der Waals surface area contributed by atoms with Crippen molar-refractivity contribution >= 4 is 23.2 Å². The first kappa shape index (κ1) is 20.4. The zero-order valence-corrected chi connectivity index (χ0v) is 16.8. The van der Waals surface area contributed by atoms with E-state index in [0.29, 0.717) is 16.9 Å². The number of anilines is 2. The van der Waals surface area contributed by atoms with E-state index >= 15 is 0 Å². The monoisotopic (exact) mass is 391 g/mol. The summed E-state index contributed by atoms with van der Waals surface area (Å²) in [5, 5.41) is 8.80. The summed E-state index contributed by atoms with van der Waals surface area (Å²) in [6.45, 7) is 5.85. The number of hydrogen-bond acceptors (Lipinski definition) is 4. The van der Waals surface area contributed by atoms with Gasteiger partial charge in [0, 0.05) is 5.69 Å². The number of para-hydroxylation sites is 1. The minimum absolute atomic E-state index is 0.0920. The van der Waals surface area contributed by atoms with E-state index in [-0.39, 0.29) is 24.4 Å². The van der Waals surface area contributed by atoms with Gasteiger partial charge in [0.15, 0.2) is 0 Å². The van der Waals surface area contributed by atoms with Crippen LogP contribution >= 0.6 is 0 Å². The normalized spacial score (nSPS) is 11.7. The molecule has 2 amide bonds. The van der Waals surface area contributed by atoms with E-state index < -0.39 is 0 Å². The third kappa shape index (κ3) is 5.56. The Morgan fingerprint density at radius 1 is 0.966 bits per heavy atom. The number of carbonyl (C=O) groups excluding carboxylic acids is 2. The predicted molar refractivity (Wildman–Crippen MR) is 114 cm³/mol. The highest BCUT2D eigenvalue weighted by molar-refractivity contribution is 6.10. The lowest BCUT2D eigenvalue weighted by Gasteiger charge is -2.14. The van der Waals surface area contributed by atoms with Crippen molar-refractivity contribution in [1.29, 1.82) is 0 Å². The summed E-state index contributed by atoms with van der Waals surface area (Å²) in [6, 6.07) is 18.2. The topological polar surface area (TPSA) is 83.4 Å². The van der Waals surface area contributed by atoms with Crippen molar-refractivity contribution in [3.63, 3.8) is 0 Å². The van der Waals surface area contributed by atoms with E-state index in [4.69, 9.17) is 4.42 Å². The predicted octanol–water partition coefficient (Wildman–Crippen LogP) is 4.44. The number of benzene rings is 2. The molecule has 6 heteroatoms. The highest BCUT2D eigenvalue weighted by Gasteiger charge is 2.15. The quantitative estimate of drug-likeness (QED) is 0.556. The smallest absolute Gasteiger partial charge is 0.257 e. The Bertz CT molecular complexity index is 1010. The second-order valence-corrected chi connectivity index (χ2v) is 6.97. The Morgan fingerprint density at radius 2 is 1.76 bits per heavy atom. The molecule has 1 heterocycles. The number of rotatable bonds is 7. The average Bonchev–Trinajstić information content (AvgIpc) is 3.13. The van der Waals surface area contributed by atoms with Gasteiger partial charge in [-0.3, -0.25) is 14.9 Å². The first-order chi connectivity index (χ1) is 13.9. The molecule has 0 aliphatic rings. The molecule has 0 radical (unpaired) electrons. The second kappa shape index (κ2) is 9.21. The van der Waals surface area contributed by atoms with Crippen molar-refractivity contribution in [2.24, 2.45) is 0 Å². The standard InChI is InChI=1S/C23H25N3O3/c1-15-7-6-8-18(13-15)25-23(28)19-9-4-5-10-20(19)26-22(27)14-24-17(3)21-12-11-16(2)29-21/h4-13,17,24H,14H2,1-3H3,(H,25,28)(H,26,27). The maximum Gasteiger partial charge on any atom is 0.257 e. The Morgan fingerprint density at radius 3 is 2.48 bits per heavy atom. The van der Waals surface area contributed by atoms with Crippen LogP contribution in [0.25, 0.3) is 0 Å². The van der Waals surface area contributed by atoms with Gasteiger partial charge >= 0.3 is 0 Å². The van der Waals surface area contributed by atoms with Gasteiger partial charge in [0.1, 0.15) is 11.5 Å². The van der Waals surface area contributed by atoms with Gasteiger partial charge in [-0.1, -0.05) is 24.3 Å². The van der Waals surface area contributed by atoms with Crippen LogP contribution in [0.1, 0.15) is 40.4 Å². The molecule has 2 aromatic carbocycles. The molecule has 0 fully saturated rings. The summed E-state index contributed by atoms with van der Waals surface area (Å²) in [7, 11) is 0. The summed E-state index contributed by atoms with van der Waals surface area (Å²) in [5.74, 6) is 1.08. The summed E-state index contributed by atoms with van der Waals surface area (Å²) in [4.78, 5) is 25.1. The molecule has 0 saturated carbocycles. The van der Waals surface area contributed by atoms with Crippen LogP contribution < -0.4 is 16.0 Å². The molecule has 0 bridgehead atoms. The molecule has 29 heavy (non-hydrogen) atoms. The summed E-state index contributed by atoms with van der Waals surface area (Å²) in [6.07, 6.45) is 0. The molecule has 1 aromatic heterocycles. The number of nitrogens with one attached hydrogen (secondary N) is 3. The van der Waals surface area contributed by atoms with Crippen LogP contribution in [0.5, 0.6) is 0 Å². The number of amides is 2. The minimum Gasteiger partial charge on any atom is -0.465 e. The van der Waals surface area contributed by atoms with Crippen molar-refractivity contribution < 1.29 is 14.0 Å². The van der Waals surface area contributed by atoms with Crippen LogP contribution in [-0.4, -0.2) is 18.4 Å². The van der Waals surface area contributed by atoms with Gasteiger partial charge in [-0.25, -0.2) is 0 Å². The van der Waals surface area contributed by atoms with Crippen molar-refractivity contribution in [2.75, 3.05) is 17.2 Å². The van der Waals surface area contributed by atoms with Gasteiger partial charge in [0.2, 0.25) is 5.91 Å². The Kier molecular flexibility index (Phi) is 6.46. The zero-order chi connectivity index (χ0) is 20.8. The highest BCUT2D eigenvalue weighted by atomic mass is 16.3. The molecular weight excluding hydrogens is 366 g/mol. The molecule has 150 valence electrons. The van der Waals surface area contributed by atoms with Crippen molar-refractivity contribution in [3.05, 3.63) is 83.3 Å². The maximum absolute atomic E-state index is 12.7. The van der Waals surface area contributed by atoms with E-state index in [9.17, 15) is 9.59 Å². The van der Waals surface area contributed by atoms with E-state index in [1.54, 1.807) is 24.3 Å². The molecular formula is C23H25N3O3. The fraction of sp³-hybridized carbons (Fsp3) is 0.217. The summed E-state index contributed by atoms with van der Waals surface area (Å²) in [5.41, 5.74) is 2.62. The number of carbonyl (C=O) groups is 2. The Balaban J connectivity index is 1.62. The maximum atomic E-state index is 12.7. The van der Waals surface area contributed by atoms with Gasteiger partial charge in [0.25, 0.3) is 5.91 Å². The van der Waals surface area contributed by atoms with Crippen LogP contribution in [0.2, 0.25) is 0 Å². The molecule has 3 rings (SSSR count). The lowest BCUT2D eigenvalue weighted by Crippen LogP contribution is -2.30. The number of hydrogen-bond donors (Lipinski definition) is 3. The van der Waals surface area contributed by atoms with E-state index in [0.717, 1.165) is 17.1 Å². The molecule has 3 N–H and O–H groups in total. The zero-order valence-electron chi connectivity index (χ0n) is 16.8. The molecule has 0 aliphatic heterocycles. The molecule has 0 saturated heterocycles.